The maximum absolute atomic E-state index is 12.1. The van der Waals surface area contributed by atoms with Crippen LogP contribution in [-0.4, -0.2) is 50.6 Å². The van der Waals surface area contributed by atoms with Crippen molar-refractivity contribution < 1.29 is 38.0 Å². The fourth-order valence-electron chi connectivity index (χ4n) is 4.84. The van der Waals surface area contributed by atoms with E-state index in [1.165, 1.54) is 0 Å². The molecular weight excluding hydrogens is 632 g/mol. The van der Waals surface area contributed by atoms with E-state index in [2.05, 4.69) is 13.2 Å². The van der Waals surface area contributed by atoms with Gasteiger partial charge < -0.3 is 28.4 Å². The molecule has 0 saturated heterocycles. The summed E-state index contributed by atoms with van der Waals surface area (Å²) in [5.41, 5.74) is 4.30. The highest BCUT2D eigenvalue weighted by Gasteiger charge is 2.19. The Hall–Kier alpha value is -6.28. The smallest absolute Gasteiger partial charge is 0.330 e. The Morgan fingerprint density at radius 2 is 0.760 bits per heavy atom. The number of carbonyl (C=O) groups is 2. The highest BCUT2D eigenvalue weighted by atomic mass is 16.6. The van der Waals surface area contributed by atoms with Crippen LogP contribution in [0.4, 0.5) is 0 Å². The molecule has 254 valence electrons. The normalized spacial score (nSPS) is 11.7. The van der Waals surface area contributed by atoms with E-state index in [4.69, 9.17) is 28.4 Å². The number of benzene rings is 5. The molecule has 8 nitrogen and oxygen atoms in total. The summed E-state index contributed by atoms with van der Waals surface area (Å²) in [5, 5.41) is 0. The van der Waals surface area contributed by atoms with E-state index in [-0.39, 0.29) is 26.4 Å². The number of rotatable bonds is 18. The van der Waals surface area contributed by atoms with E-state index in [1.54, 1.807) is 24.3 Å². The molecule has 0 aliphatic carbocycles. The first-order valence-corrected chi connectivity index (χ1v) is 16.1. The molecular formula is C42H38O8. The first-order chi connectivity index (χ1) is 24.5. The summed E-state index contributed by atoms with van der Waals surface area (Å²) in [7, 11) is 0. The standard InChI is InChI=1S/C42H38O8/c1-3-41(43)49-37(27-45-35-23-19-33(20-24-35)31-13-7-5-8-14-31)29-47-39-17-11-12-18-40(39)48-30-38(50-42(44)4-2)28-46-36-25-21-34(22-26-36)32-15-9-6-10-16-32/h3-26,37-38H,1-2,27-30H2. The molecule has 0 radical (unpaired) electrons. The molecule has 2 atom stereocenters. The molecule has 50 heavy (non-hydrogen) atoms. The zero-order valence-corrected chi connectivity index (χ0v) is 27.5. The van der Waals surface area contributed by atoms with E-state index in [9.17, 15) is 9.59 Å². The summed E-state index contributed by atoms with van der Waals surface area (Å²) in [4.78, 5) is 24.2. The third-order valence-corrected chi connectivity index (χ3v) is 7.39. The summed E-state index contributed by atoms with van der Waals surface area (Å²) >= 11 is 0. The highest BCUT2D eigenvalue weighted by Crippen LogP contribution is 2.28. The number of ether oxygens (including phenoxy) is 6. The SMILES string of the molecule is C=CC(=O)OC(COc1ccc(-c2ccccc2)cc1)COc1ccccc1OCC(COc1ccc(-c2ccccc2)cc1)OC(=O)C=C. The topological polar surface area (TPSA) is 89.5 Å². The highest BCUT2D eigenvalue weighted by molar-refractivity contribution is 5.81. The van der Waals surface area contributed by atoms with Crippen LogP contribution in [0.15, 0.2) is 159 Å². The van der Waals surface area contributed by atoms with Crippen LogP contribution in [0.3, 0.4) is 0 Å². The second kappa shape index (κ2) is 18.3. The van der Waals surface area contributed by atoms with Crippen molar-refractivity contribution in [2.24, 2.45) is 0 Å². The Labute approximate surface area is 292 Å². The zero-order chi connectivity index (χ0) is 35.0. The number of hydrogen-bond acceptors (Lipinski definition) is 8. The van der Waals surface area contributed by atoms with Gasteiger partial charge in [-0.05, 0) is 58.7 Å². The Kier molecular flexibility index (Phi) is 12.8. The molecule has 0 aromatic heterocycles. The first kappa shape index (κ1) is 35.0. The van der Waals surface area contributed by atoms with Crippen LogP contribution in [0, 0.1) is 0 Å². The largest absolute Gasteiger partial charge is 0.490 e. The lowest BCUT2D eigenvalue weighted by molar-refractivity contribution is -0.147. The first-order valence-electron chi connectivity index (χ1n) is 16.1. The zero-order valence-electron chi connectivity index (χ0n) is 27.5. The van der Waals surface area contributed by atoms with Crippen LogP contribution < -0.4 is 18.9 Å². The number of esters is 2. The molecule has 2 unspecified atom stereocenters. The van der Waals surface area contributed by atoms with Gasteiger partial charge in [0.05, 0.1) is 0 Å². The van der Waals surface area contributed by atoms with Gasteiger partial charge in [0, 0.05) is 12.2 Å². The predicted octanol–water partition coefficient (Wildman–Crippen LogP) is 8.13. The van der Waals surface area contributed by atoms with Gasteiger partial charge in [0.1, 0.15) is 37.9 Å². The van der Waals surface area contributed by atoms with E-state index >= 15 is 0 Å². The fourth-order valence-corrected chi connectivity index (χ4v) is 4.84. The van der Waals surface area contributed by atoms with Crippen LogP contribution in [0.2, 0.25) is 0 Å². The number of para-hydroxylation sites is 2. The Balaban J connectivity index is 1.18. The molecule has 0 spiro atoms. The summed E-state index contributed by atoms with van der Waals surface area (Å²) in [6.45, 7) is 7.00. The summed E-state index contributed by atoms with van der Waals surface area (Å²) in [6, 6.07) is 42.3. The molecule has 8 heteroatoms. The summed E-state index contributed by atoms with van der Waals surface area (Å²) < 4.78 is 35.0. The summed E-state index contributed by atoms with van der Waals surface area (Å²) in [6.07, 6.45) is 0.655. The van der Waals surface area contributed by atoms with Gasteiger partial charge in [-0.15, -0.1) is 0 Å². The maximum atomic E-state index is 12.1. The van der Waals surface area contributed by atoms with Gasteiger partial charge >= 0.3 is 11.9 Å². The second-order valence-corrected chi connectivity index (χ2v) is 11.0. The van der Waals surface area contributed by atoms with Crippen molar-refractivity contribution in [2.75, 3.05) is 26.4 Å². The molecule has 5 aromatic carbocycles. The van der Waals surface area contributed by atoms with Gasteiger partial charge in [-0.2, -0.15) is 0 Å². The third-order valence-electron chi connectivity index (χ3n) is 7.39. The van der Waals surface area contributed by atoms with Crippen molar-refractivity contribution in [1.82, 2.24) is 0 Å². The average Bonchev–Trinajstić information content (AvgIpc) is 3.18. The van der Waals surface area contributed by atoms with Crippen molar-refractivity contribution in [3.8, 4) is 45.3 Å². The van der Waals surface area contributed by atoms with Gasteiger partial charge in [0.15, 0.2) is 23.7 Å². The van der Waals surface area contributed by atoms with E-state index in [0.717, 1.165) is 34.4 Å². The summed E-state index contributed by atoms with van der Waals surface area (Å²) in [5.74, 6) is 0.807. The Morgan fingerprint density at radius 1 is 0.440 bits per heavy atom. The van der Waals surface area contributed by atoms with E-state index in [1.807, 2.05) is 109 Å². The fraction of sp³-hybridized carbons (Fsp3) is 0.143. The van der Waals surface area contributed by atoms with Crippen molar-refractivity contribution in [2.45, 2.75) is 12.2 Å². The van der Waals surface area contributed by atoms with Gasteiger partial charge in [0.25, 0.3) is 0 Å². The average molecular weight is 671 g/mol. The molecule has 0 aliphatic rings. The minimum atomic E-state index is -0.759. The lowest BCUT2D eigenvalue weighted by atomic mass is 10.1. The molecule has 0 saturated carbocycles. The van der Waals surface area contributed by atoms with Gasteiger partial charge in [0.2, 0.25) is 0 Å². The van der Waals surface area contributed by atoms with Crippen LogP contribution in [0.5, 0.6) is 23.0 Å². The van der Waals surface area contributed by atoms with Crippen molar-refractivity contribution in [3.05, 3.63) is 159 Å². The monoisotopic (exact) mass is 670 g/mol. The van der Waals surface area contributed by atoms with Gasteiger partial charge in [-0.3, -0.25) is 0 Å². The molecule has 0 amide bonds. The second-order valence-electron chi connectivity index (χ2n) is 11.0. The molecule has 0 N–H and O–H groups in total. The maximum Gasteiger partial charge on any atom is 0.330 e. The van der Waals surface area contributed by atoms with Crippen LogP contribution in [0.1, 0.15) is 0 Å². The van der Waals surface area contributed by atoms with Crippen LogP contribution in [-0.2, 0) is 19.1 Å². The molecule has 0 aliphatic heterocycles. The predicted molar refractivity (Wildman–Crippen MR) is 192 cm³/mol. The van der Waals surface area contributed by atoms with Gasteiger partial charge in [-0.25, -0.2) is 9.59 Å². The quantitative estimate of drug-likeness (QED) is 0.0682. The van der Waals surface area contributed by atoms with Crippen LogP contribution in [0.25, 0.3) is 22.3 Å². The third kappa shape index (κ3) is 10.6. The number of carbonyl (C=O) groups excluding carboxylic acids is 2. The van der Waals surface area contributed by atoms with Crippen molar-refractivity contribution in [3.63, 3.8) is 0 Å². The Bertz CT molecular complexity index is 1680. The lowest BCUT2D eigenvalue weighted by Crippen LogP contribution is -2.31. The van der Waals surface area contributed by atoms with Crippen molar-refractivity contribution >= 4 is 11.9 Å². The molecule has 0 fully saturated rings. The molecule has 5 aromatic rings. The molecule has 0 heterocycles. The minimum absolute atomic E-state index is 0.0288. The van der Waals surface area contributed by atoms with Crippen molar-refractivity contribution in [1.29, 1.82) is 0 Å². The minimum Gasteiger partial charge on any atom is -0.490 e. The molecule has 5 rings (SSSR count). The van der Waals surface area contributed by atoms with E-state index in [0.29, 0.717) is 23.0 Å². The lowest BCUT2D eigenvalue weighted by Gasteiger charge is -2.21. The Morgan fingerprint density at radius 3 is 1.12 bits per heavy atom. The van der Waals surface area contributed by atoms with Gasteiger partial charge in [-0.1, -0.05) is 110 Å². The van der Waals surface area contributed by atoms with E-state index < -0.39 is 24.1 Å². The van der Waals surface area contributed by atoms with Crippen LogP contribution >= 0.6 is 0 Å². The number of hydrogen-bond donors (Lipinski definition) is 0. The molecule has 0 bridgehead atoms.